The van der Waals surface area contributed by atoms with Crippen molar-refractivity contribution in [2.75, 3.05) is 0 Å². The number of rotatable bonds is 2. The van der Waals surface area contributed by atoms with E-state index in [0.29, 0.717) is 11.8 Å². The van der Waals surface area contributed by atoms with Crippen LogP contribution >= 0.6 is 11.6 Å². The van der Waals surface area contributed by atoms with Gasteiger partial charge in [0.05, 0.1) is 6.10 Å². The van der Waals surface area contributed by atoms with Gasteiger partial charge in [-0.15, -0.1) is 0 Å². The number of benzene rings is 1. The molecule has 13 heavy (non-hydrogen) atoms. The van der Waals surface area contributed by atoms with Gasteiger partial charge in [-0.1, -0.05) is 23.7 Å². The van der Waals surface area contributed by atoms with Crippen molar-refractivity contribution in [3.8, 4) is 0 Å². The molecule has 1 aromatic rings. The average molecular weight is 197 g/mol. The number of aliphatic hydroxyl groups excluding tert-OH is 1. The summed E-state index contributed by atoms with van der Waals surface area (Å²) < 4.78 is 0. The van der Waals surface area contributed by atoms with Crippen LogP contribution in [0.2, 0.25) is 5.02 Å². The molecule has 0 aliphatic heterocycles. The predicted octanol–water partition coefficient (Wildman–Crippen LogP) is 2.82. The van der Waals surface area contributed by atoms with Gasteiger partial charge in [0.25, 0.3) is 0 Å². The van der Waals surface area contributed by atoms with Crippen molar-refractivity contribution in [1.82, 2.24) is 0 Å². The minimum Gasteiger partial charge on any atom is -0.393 e. The van der Waals surface area contributed by atoms with Gasteiger partial charge >= 0.3 is 0 Å². The van der Waals surface area contributed by atoms with Crippen molar-refractivity contribution >= 4 is 11.6 Å². The molecular formula is C11H13ClO. The van der Waals surface area contributed by atoms with E-state index < -0.39 is 0 Å². The number of hydrogen-bond donors (Lipinski definition) is 1. The van der Waals surface area contributed by atoms with Crippen LogP contribution in [-0.2, 0) is 0 Å². The maximum Gasteiger partial charge on any atom is 0.0546 e. The molecule has 2 rings (SSSR count). The Morgan fingerprint density at radius 2 is 2.31 bits per heavy atom. The highest BCUT2D eigenvalue weighted by Crippen LogP contribution is 2.49. The molecule has 1 N–H and O–H groups in total. The Kier molecular flexibility index (Phi) is 2.31. The molecule has 1 aliphatic carbocycles. The Labute approximate surface area is 83.3 Å². The van der Waals surface area contributed by atoms with Gasteiger partial charge in [-0.25, -0.2) is 0 Å². The third-order valence-electron chi connectivity index (χ3n) is 2.74. The minimum atomic E-state index is -0.191. The van der Waals surface area contributed by atoms with Gasteiger partial charge in [0.15, 0.2) is 0 Å². The van der Waals surface area contributed by atoms with Crippen LogP contribution in [0.15, 0.2) is 24.3 Å². The quantitative estimate of drug-likeness (QED) is 0.772. The predicted molar refractivity (Wildman–Crippen MR) is 54.0 cm³/mol. The van der Waals surface area contributed by atoms with Gasteiger partial charge in [0, 0.05) is 5.02 Å². The van der Waals surface area contributed by atoms with Crippen molar-refractivity contribution in [1.29, 1.82) is 0 Å². The molecule has 3 atom stereocenters. The van der Waals surface area contributed by atoms with Crippen LogP contribution in [0.25, 0.3) is 0 Å². The minimum absolute atomic E-state index is 0.191. The maximum absolute atomic E-state index is 9.36. The normalized spacial score (nSPS) is 28.5. The van der Waals surface area contributed by atoms with Gasteiger partial charge in [0.2, 0.25) is 0 Å². The molecular weight excluding hydrogens is 184 g/mol. The first-order valence-corrected chi connectivity index (χ1v) is 5.00. The molecule has 70 valence electrons. The molecule has 0 bridgehead atoms. The lowest BCUT2D eigenvalue weighted by Crippen LogP contribution is -2.03. The van der Waals surface area contributed by atoms with Crippen LogP contribution in [-0.4, -0.2) is 11.2 Å². The Hall–Kier alpha value is -0.530. The lowest BCUT2D eigenvalue weighted by Gasteiger charge is -2.03. The van der Waals surface area contributed by atoms with Gasteiger partial charge in [-0.2, -0.15) is 0 Å². The molecule has 0 radical (unpaired) electrons. The van der Waals surface area contributed by atoms with Crippen LogP contribution in [0, 0.1) is 5.92 Å². The fourth-order valence-electron chi connectivity index (χ4n) is 1.87. The van der Waals surface area contributed by atoms with Crippen molar-refractivity contribution in [2.45, 2.75) is 25.4 Å². The van der Waals surface area contributed by atoms with E-state index in [9.17, 15) is 5.11 Å². The summed E-state index contributed by atoms with van der Waals surface area (Å²) in [6, 6.07) is 7.92. The zero-order valence-corrected chi connectivity index (χ0v) is 8.33. The van der Waals surface area contributed by atoms with Crippen LogP contribution < -0.4 is 0 Å². The Bertz CT molecular complexity index is 309. The lowest BCUT2D eigenvalue weighted by atomic mass is 10.1. The van der Waals surface area contributed by atoms with E-state index in [0.717, 1.165) is 11.4 Å². The summed E-state index contributed by atoms with van der Waals surface area (Å²) in [5.41, 5.74) is 1.26. The van der Waals surface area contributed by atoms with Gasteiger partial charge in [-0.3, -0.25) is 0 Å². The average Bonchev–Trinajstić information content (AvgIpc) is 2.82. The van der Waals surface area contributed by atoms with Crippen molar-refractivity contribution in [3.05, 3.63) is 34.9 Å². The SMILES string of the molecule is CC(O)C1CC1c1cccc(Cl)c1. The molecule has 1 saturated carbocycles. The monoisotopic (exact) mass is 196 g/mol. The van der Waals surface area contributed by atoms with Gasteiger partial charge in [-0.05, 0) is 42.9 Å². The molecule has 1 aliphatic rings. The maximum atomic E-state index is 9.36. The largest absolute Gasteiger partial charge is 0.393 e. The molecule has 1 aromatic carbocycles. The second kappa shape index (κ2) is 3.32. The second-order valence-corrected chi connectivity index (χ2v) is 4.24. The van der Waals surface area contributed by atoms with E-state index in [1.54, 1.807) is 0 Å². The van der Waals surface area contributed by atoms with Gasteiger partial charge < -0.3 is 5.11 Å². The van der Waals surface area contributed by atoms with E-state index >= 15 is 0 Å². The molecule has 2 heteroatoms. The van der Waals surface area contributed by atoms with Gasteiger partial charge in [0.1, 0.15) is 0 Å². The van der Waals surface area contributed by atoms with E-state index in [1.807, 2.05) is 25.1 Å². The van der Waals surface area contributed by atoms with E-state index in [-0.39, 0.29) is 6.10 Å². The topological polar surface area (TPSA) is 20.2 Å². The zero-order valence-electron chi connectivity index (χ0n) is 7.57. The summed E-state index contributed by atoms with van der Waals surface area (Å²) in [5.74, 6) is 0.970. The summed E-state index contributed by atoms with van der Waals surface area (Å²) >= 11 is 5.88. The highest BCUT2D eigenvalue weighted by molar-refractivity contribution is 6.30. The number of hydrogen-bond acceptors (Lipinski definition) is 1. The number of halogens is 1. The first-order chi connectivity index (χ1) is 6.18. The van der Waals surface area contributed by atoms with Crippen LogP contribution in [0.5, 0.6) is 0 Å². The van der Waals surface area contributed by atoms with Crippen molar-refractivity contribution < 1.29 is 5.11 Å². The van der Waals surface area contributed by atoms with E-state index in [1.165, 1.54) is 5.56 Å². The van der Waals surface area contributed by atoms with E-state index in [4.69, 9.17) is 11.6 Å². The van der Waals surface area contributed by atoms with Crippen LogP contribution in [0.3, 0.4) is 0 Å². The molecule has 3 unspecified atom stereocenters. The second-order valence-electron chi connectivity index (χ2n) is 3.80. The zero-order chi connectivity index (χ0) is 9.42. The smallest absolute Gasteiger partial charge is 0.0546 e. The van der Waals surface area contributed by atoms with Crippen molar-refractivity contribution in [3.63, 3.8) is 0 Å². The molecule has 1 fully saturated rings. The Balaban J connectivity index is 2.12. The van der Waals surface area contributed by atoms with Crippen molar-refractivity contribution in [2.24, 2.45) is 5.92 Å². The molecule has 0 saturated heterocycles. The molecule has 0 heterocycles. The van der Waals surface area contributed by atoms with Crippen LogP contribution in [0.1, 0.15) is 24.8 Å². The first-order valence-electron chi connectivity index (χ1n) is 4.62. The highest BCUT2D eigenvalue weighted by Gasteiger charge is 2.41. The third-order valence-corrected chi connectivity index (χ3v) is 2.97. The summed E-state index contributed by atoms with van der Waals surface area (Å²) in [6.45, 7) is 1.86. The molecule has 0 spiro atoms. The fourth-order valence-corrected chi connectivity index (χ4v) is 2.07. The first kappa shape index (κ1) is 9.04. The Morgan fingerprint density at radius 1 is 1.54 bits per heavy atom. The molecule has 0 aromatic heterocycles. The highest BCUT2D eigenvalue weighted by atomic mass is 35.5. The Morgan fingerprint density at radius 3 is 2.85 bits per heavy atom. The summed E-state index contributed by atoms with van der Waals surface area (Å²) in [7, 11) is 0. The third kappa shape index (κ3) is 1.87. The molecule has 1 nitrogen and oxygen atoms in total. The lowest BCUT2D eigenvalue weighted by molar-refractivity contribution is 0.169. The summed E-state index contributed by atoms with van der Waals surface area (Å²) in [4.78, 5) is 0. The molecule has 0 amide bonds. The summed E-state index contributed by atoms with van der Waals surface area (Å²) in [6.07, 6.45) is 0.904. The van der Waals surface area contributed by atoms with Crippen LogP contribution in [0.4, 0.5) is 0 Å². The van der Waals surface area contributed by atoms with E-state index in [2.05, 4.69) is 6.07 Å². The standard InChI is InChI=1S/C11H13ClO/c1-7(13)10-6-11(10)8-3-2-4-9(12)5-8/h2-5,7,10-11,13H,6H2,1H3. The fraction of sp³-hybridized carbons (Fsp3) is 0.455. The summed E-state index contributed by atoms with van der Waals surface area (Å²) in [5, 5.41) is 10.1. The number of aliphatic hydroxyl groups is 1.